The number of hydrogen-bond acceptors (Lipinski definition) is 7. The molecule has 4 rings (SSSR count). The number of anilines is 1. The van der Waals surface area contributed by atoms with Crippen LogP contribution in [0.25, 0.3) is 5.69 Å². The second kappa shape index (κ2) is 15.4. The van der Waals surface area contributed by atoms with E-state index in [0.29, 0.717) is 48.0 Å². The molecular formula is C33H43N5O5S. The Bertz CT molecular complexity index is 1700. The normalized spacial score (nSPS) is 11.7. The third-order valence-electron chi connectivity index (χ3n) is 6.07. The number of aryl methyl sites for hydroxylation is 1. The second-order valence-electron chi connectivity index (χ2n) is 10.9. The zero-order valence-corrected chi connectivity index (χ0v) is 27.1. The van der Waals surface area contributed by atoms with Crippen molar-refractivity contribution in [3.63, 3.8) is 0 Å². The van der Waals surface area contributed by atoms with Gasteiger partial charge in [0.2, 0.25) is 10.0 Å². The summed E-state index contributed by atoms with van der Waals surface area (Å²) in [5.74, 6) is 1.42. The molecule has 236 valence electrons. The lowest BCUT2D eigenvalue weighted by atomic mass is 10.1. The number of aromatic amines is 1. The van der Waals surface area contributed by atoms with Crippen molar-refractivity contribution in [3.8, 4) is 17.2 Å². The molecule has 10 nitrogen and oxygen atoms in total. The highest BCUT2D eigenvalue weighted by molar-refractivity contribution is 7.89. The van der Waals surface area contributed by atoms with Crippen LogP contribution < -0.4 is 25.5 Å². The molecule has 0 aliphatic heterocycles. The fourth-order valence-electron chi connectivity index (χ4n) is 4.23. The number of benzene rings is 3. The van der Waals surface area contributed by atoms with Crippen LogP contribution in [0.3, 0.4) is 0 Å². The van der Waals surface area contributed by atoms with Gasteiger partial charge in [0.15, 0.2) is 0 Å². The van der Waals surface area contributed by atoms with Gasteiger partial charge < -0.3 is 15.2 Å². The average Bonchev–Trinajstić information content (AvgIpc) is 3.28. The maximum atomic E-state index is 13.2. The minimum absolute atomic E-state index is 0.133. The third-order valence-corrected chi connectivity index (χ3v) is 7.84. The van der Waals surface area contributed by atoms with Gasteiger partial charge in [0.1, 0.15) is 17.2 Å². The fourth-order valence-corrected chi connectivity index (χ4v) is 5.65. The van der Waals surface area contributed by atoms with E-state index in [9.17, 15) is 13.2 Å². The molecule has 1 aromatic heterocycles. The summed E-state index contributed by atoms with van der Waals surface area (Å²) in [5, 5.41) is 3.16. The average molecular weight is 622 g/mol. The SMILES string of the molecule is CCCc1[nH]n(-c2ccc(S(=O)(=O)NC(C)(C)C)cc2)c(=O)c1C=Nc1ccccc1OCC.CCOc1ccccc1N. The Labute approximate surface area is 260 Å². The van der Waals surface area contributed by atoms with Crippen molar-refractivity contribution >= 4 is 27.6 Å². The first-order valence-electron chi connectivity index (χ1n) is 14.6. The highest BCUT2D eigenvalue weighted by Crippen LogP contribution is 2.27. The van der Waals surface area contributed by atoms with Gasteiger partial charge in [0, 0.05) is 17.4 Å². The summed E-state index contributed by atoms with van der Waals surface area (Å²) in [7, 11) is -3.67. The van der Waals surface area contributed by atoms with Gasteiger partial charge in [-0.15, -0.1) is 0 Å². The van der Waals surface area contributed by atoms with E-state index in [1.165, 1.54) is 16.8 Å². The molecule has 0 bridgehead atoms. The first-order chi connectivity index (χ1) is 20.9. The highest BCUT2D eigenvalue weighted by Gasteiger charge is 2.22. The lowest BCUT2D eigenvalue weighted by Crippen LogP contribution is -2.40. The van der Waals surface area contributed by atoms with E-state index in [1.54, 1.807) is 39.1 Å². The summed E-state index contributed by atoms with van der Waals surface area (Å²) in [6.45, 7) is 12.4. The van der Waals surface area contributed by atoms with Crippen molar-refractivity contribution < 1.29 is 17.9 Å². The van der Waals surface area contributed by atoms with Crippen LogP contribution in [0.2, 0.25) is 0 Å². The van der Waals surface area contributed by atoms with Gasteiger partial charge in [-0.25, -0.2) is 17.8 Å². The van der Waals surface area contributed by atoms with Crippen molar-refractivity contribution in [3.05, 3.63) is 94.4 Å². The van der Waals surface area contributed by atoms with Crippen LogP contribution in [0.15, 0.2) is 87.5 Å². The van der Waals surface area contributed by atoms with E-state index in [-0.39, 0.29) is 10.5 Å². The summed E-state index contributed by atoms with van der Waals surface area (Å²) in [6.07, 6.45) is 3.06. The largest absolute Gasteiger partial charge is 0.492 e. The van der Waals surface area contributed by atoms with Crippen LogP contribution in [-0.2, 0) is 16.4 Å². The number of H-pyrrole nitrogens is 1. The molecule has 4 aromatic rings. The van der Waals surface area contributed by atoms with Gasteiger partial charge in [-0.3, -0.25) is 14.9 Å². The zero-order valence-electron chi connectivity index (χ0n) is 26.3. The van der Waals surface area contributed by atoms with Crippen LogP contribution in [0.5, 0.6) is 11.5 Å². The minimum Gasteiger partial charge on any atom is -0.492 e. The minimum atomic E-state index is -3.67. The van der Waals surface area contributed by atoms with E-state index >= 15 is 0 Å². The van der Waals surface area contributed by atoms with Crippen LogP contribution >= 0.6 is 0 Å². The summed E-state index contributed by atoms with van der Waals surface area (Å²) < 4.78 is 40.0. The molecule has 0 aliphatic carbocycles. The molecule has 0 unspecified atom stereocenters. The van der Waals surface area contributed by atoms with Crippen molar-refractivity contribution in [1.82, 2.24) is 14.5 Å². The van der Waals surface area contributed by atoms with Crippen molar-refractivity contribution in [2.45, 2.75) is 64.8 Å². The third kappa shape index (κ3) is 9.32. The zero-order chi connectivity index (χ0) is 32.3. The van der Waals surface area contributed by atoms with Crippen molar-refractivity contribution in [2.75, 3.05) is 18.9 Å². The Hall–Kier alpha value is -4.35. The summed E-state index contributed by atoms with van der Waals surface area (Å²) in [5.41, 5.74) is 7.81. The van der Waals surface area contributed by atoms with E-state index < -0.39 is 15.6 Å². The van der Waals surface area contributed by atoms with Gasteiger partial charge in [0.25, 0.3) is 5.56 Å². The molecule has 0 aliphatic rings. The molecule has 0 saturated carbocycles. The van der Waals surface area contributed by atoms with E-state index in [1.807, 2.05) is 69.3 Å². The Kier molecular flexibility index (Phi) is 11.9. The van der Waals surface area contributed by atoms with Crippen LogP contribution in [0.1, 0.15) is 59.2 Å². The number of ether oxygens (including phenoxy) is 2. The van der Waals surface area contributed by atoms with E-state index in [4.69, 9.17) is 15.2 Å². The van der Waals surface area contributed by atoms with Gasteiger partial charge in [0.05, 0.1) is 35.0 Å². The highest BCUT2D eigenvalue weighted by atomic mass is 32.2. The molecule has 11 heteroatoms. The first kappa shape index (κ1) is 34.1. The molecule has 3 aromatic carbocycles. The number of para-hydroxylation sites is 4. The van der Waals surface area contributed by atoms with Gasteiger partial charge in [-0.2, -0.15) is 0 Å². The maximum absolute atomic E-state index is 13.2. The Morgan fingerprint density at radius 1 is 0.909 bits per heavy atom. The molecule has 0 amide bonds. The predicted octanol–water partition coefficient (Wildman–Crippen LogP) is 6.01. The lowest BCUT2D eigenvalue weighted by Gasteiger charge is -2.20. The van der Waals surface area contributed by atoms with Gasteiger partial charge >= 0.3 is 0 Å². The topological polar surface area (TPSA) is 141 Å². The molecule has 0 radical (unpaired) electrons. The van der Waals surface area contributed by atoms with Crippen LogP contribution in [0, 0.1) is 0 Å². The van der Waals surface area contributed by atoms with Gasteiger partial charge in [-0.05, 0) is 89.6 Å². The molecule has 4 N–H and O–H groups in total. The Morgan fingerprint density at radius 3 is 2.09 bits per heavy atom. The molecule has 0 fully saturated rings. The molecule has 0 atom stereocenters. The number of nitrogen functional groups attached to an aromatic ring is 1. The lowest BCUT2D eigenvalue weighted by molar-refractivity contribution is 0.341. The van der Waals surface area contributed by atoms with E-state index in [0.717, 1.165) is 17.9 Å². The number of nitrogens with two attached hydrogens (primary N) is 1. The van der Waals surface area contributed by atoms with Crippen molar-refractivity contribution in [1.29, 1.82) is 0 Å². The molecular weight excluding hydrogens is 578 g/mol. The standard InChI is InChI=1S/C25H32N4O4S.C8H11NO/c1-6-10-21-20(17-26-22-11-8-9-12-23(22)33-7-2)24(30)29(27-21)18-13-15-19(16-14-18)34(31,32)28-25(3,4)5;1-2-10-8-6-4-3-5-7(8)9/h8-9,11-17,27-28H,6-7,10H2,1-5H3;3-6H,2,9H2,1H3. The second-order valence-corrected chi connectivity index (χ2v) is 12.6. The quantitative estimate of drug-likeness (QED) is 0.138. The van der Waals surface area contributed by atoms with Crippen LogP contribution in [-0.4, -0.2) is 43.2 Å². The molecule has 0 saturated heterocycles. The Morgan fingerprint density at radius 2 is 1.50 bits per heavy atom. The number of aromatic nitrogens is 2. The first-order valence-corrected chi connectivity index (χ1v) is 16.1. The van der Waals surface area contributed by atoms with Gasteiger partial charge in [-0.1, -0.05) is 37.6 Å². The molecule has 1 heterocycles. The number of aliphatic imine (C=N–C) groups is 1. The number of rotatable bonds is 11. The maximum Gasteiger partial charge on any atom is 0.280 e. The summed E-state index contributed by atoms with van der Waals surface area (Å²) in [4.78, 5) is 17.9. The number of nitrogens with one attached hydrogen (secondary N) is 2. The van der Waals surface area contributed by atoms with Crippen molar-refractivity contribution in [2.24, 2.45) is 4.99 Å². The van der Waals surface area contributed by atoms with E-state index in [2.05, 4.69) is 14.8 Å². The number of hydrogen-bond donors (Lipinski definition) is 3. The van der Waals surface area contributed by atoms with Crippen LogP contribution in [0.4, 0.5) is 11.4 Å². The molecule has 0 spiro atoms. The number of nitrogens with zero attached hydrogens (tertiary/aromatic N) is 2. The fraction of sp³-hybridized carbons (Fsp3) is 0.333. The monoisotopic (exact) mass is 621 g/mol. The smallest absolute Gasteiger partial charge is 0.280 e. The predicted molar refractivity (Wildman–Crippen MR) is 177 cm³/mol. The summed E-state index contributed by atoms with van der Waals surface area (Å²) >= 11 is 0. The molecule has 44 heavy (non-hydrogen) atoms. The summed E-state index contributed by atoms with van der Waals surface area (Å²) in [6, 6.07) is 21.1. The number of sulfonamides is 1. The Balaban J connectivity index is 0.000000448.